The van der Waals surface area contributed by atoms with Gasteiger partial charge in [-0.1, -0.05) is 0 Å². The van der Waals surface area contributed by atoms with Gasteiger partial charge in [-0.15, -0.1) is 12.4 Å². The van der Waals surface area contributed by atoms with Gasteiger partial charge < -0.3 is 10.5 Å². The van der Waals surface area contributed by atoms with Gasteiger partial charge in [0.05, 0.1) is 6.61 Å². The first kappa shape index (κ1) is 14.6. The molecule has 0 rings (SSSR count). The molecule has 0 saturated carbocycles. The molecule has 2 N–H and O–H groups in total. The summed E-state index contributed by atoms with van der Waals surface area (Å²) in [7, 11) is 0. The van der Waals surface area contributed by atoms with Crippen LogP contribution >= 0.6 is 25.0 Å². The maximum absolute atomic E-state index is 11.0. The quantitative estimate of drug-likeness (QED) is 0.544. The number of thiol groups is 1. The van der Waals surface area contributed by atoms with Crippen molar-refractivity contribution in [3.8, 4) is 0 Å². The van der Waals surface area contributed by atoms with Crippen molar-refractivity contribution in [1.82, 2.24) is 0 Å². The fourth-order valence-electron chi connectivity index (χ4n) is 0.520. The largest absolute Gasteiger partial charge is 0.465 e. The van der Waals surface area contributed by atoms with E-state index >= 15 is 0 Å². The Labute approximate surface area is 84.9 Å². The summed E-state index contributed by atoms with van der Waals surface area (Å²) >= 11 is 4.16. The summed E-state index contributed by atoms with van der Waals surface area (Å²) < 4.78 is 4.20. The van der Waals surface area contributed by atoms with Gasteiger partial charge in [-0.3, -0.25) is 4.79 Å². The molecule has 0 fully saturated rings. The van der Waals surface area contributed by atoms with E-state index in [9.17, 15) is 4.79 Å². The van der Waals surface area contributed by atoms with Crippen LogP contribution in [0.4, 0.5) is 0 Å². The van der Waals surface area contributed by atoms with Crippen LogP contribution < -0.4 is 5.73 Å². The average Bonchev–Trinajstić information content (AvgIpc) is 1.85. The van der Waals surface area contributed by atoms with E-state index in [-0.39, 0.29) is 12.4 Å². The number of carbonyl (C=O) groups is 1. The van der Waals surface area contributed by atoms with Gasteiger partial charge in [-0.05, 0) is 20.8 Å². The molecule has 0 amide bonds. The van der Waals surface area contributed by atoms with Crippen LogP contribution in [0.3, 0.4) is 0 Å². The molecule has 0 aliphatic heterocycles. The molecular formula is C7H16ClNO2S. The second-order valence-corrected chi connectivity index (χ2v) is 4.04. The lowest BCUT2D eigenvalue weighted by molar-refractivity contribution is -0.145. The molecule has 74 valence electrons. The third-order valence-corrected chi connectivity index (χ3v) is 1.58. The minimum atomic E-state index is -0.661. The maximum atomic E-state index is 11.0. The summed E-state index contributed by atoms with van der Waals surface area (Å²) in [5.74, 6) is -0.396. The van der Waals surface area contributed by atoms with Crippen molar-refractivity contribution in [3.05, 3.63) is 0 Å². The summed E-state index contributed by atoms with van der Waals surface area (Å²) in [6.45, 7) is 5.65. The predicted molar refractivity (Wildman–Crippen MR) is 54.9 cm³/mol. The highest BCUT2D eigenvalue weighted by atomic mass is 35.5. The highest BCUT2D eigenvalue weighted by Crippen LogP contribution is 2.16. The minimum absolute atomic E-state index is 0. The fourth-order valence-corrected chi connectivity index (χ4v) is 0.626. The Morgan fingerprint density at radius 2 is 2.08 bits per heavy atom. The number of hydrogen-bond donors (Lipinski definition) is 2. The van der Waals surface area contributed by atoms with Crippen molar-refractivity contribution in [2.75, 3.05) is 6.61 Å². The molecule has 0 spiro atoms. The van der Waals surface area contributed by atoms with E-state index < -0.39 is 16.8 Å². The van der Waals surface area contributed by atoms with Crippen molar-refractivity contribution in [3.63, 3.8) is 0 Å². The molecule has 5 heteroatoms. The Hall–Kier alpha value is 0.0700. The first-order valence-corrected chi connectivity index (χ1v) is 3.99. The van der Waals surface area contributed by atoms with E-state index in [4.69, 9.17) is 10.5 Å². The summed E-state index contributed by atoms with van der Waals surface area (Å²) in [6.07, 6.45) is 0. The number of rotatable bonds is 3. The van der Waals surface area contributed by atoms with E-state index in [1.165, 1.54) is 0 Å². The lowest BCUT2D eigenvalue weighted by Gasteiger charge is -2.23. The van der Waals surface area contributed by atoms with Crippen molar-refractivity contribution in [2.45, 2.75) is 31.6 Å². The Morgan fingerprint density at radius 3 is 2.33 bits per heavy atom. The minimum Gasteiger partial charge on any atom is -0.465 e. The molecule has 0 radical (unpaired) electrons. The van der Waals surface area contributed by atoms with Crippen LogP contribution in [0.2, 0.25) is 0 Å². The van der Waals surface area contributed by atoms with E-state index in [1.54, 1.807) is 20.8 Å². The summed E-state index contributed by atoms with van der Waals surface area (Å²) in [6, 6.07) is -0.661. The molecule has 1 atom stereocenters. The third kappa shape index (κ3) is 4.85. The molecule has 0 aliphatic carbocycles. The molecule has 12 heavy (non-hydrogen) atoms. The first-order valence-electron chi connectivity index (χ1n) is 3.54. The lowest BCUT2D eigenvalue weighted by atomic mass is 10.1. The molecule has 0 aromatic heterocycles. The summed E-state index contributed by atoms with van der Waals surface area (Å²) in [5.41, 5.74) is 5.53. The normalized spacial score (nSPS) is 13.1. The third-order valence-electron chi connectivity index (χ3n) is 1.30. The average molecular weight is 214 g/mol. The van der Waals surface area contributed by atoms with Crippen LogP contribution in [0, 0.1) is 0 Å². The molecule has 0 heterocycles. The Morgan fingerprint density at radius 1 is 1.67 bits per heavy atom. The SMILES string of the molecule is CCOC(=O)[C@@H](N)C(C)(C)S.Cl. The Kier molecular flexibility index (Phi) is 6.89. The second-order valence-electron chi connectivity index (χ2n) is 2.88. The molecule has 3 nitrogen and oxygen atoms in total. The van der Waals surface area contributed by atoms with E-state index in [0.29, 0.717) is 6.61 Å². The lowest BCUT2D eigenvalue weighted by Crippen LogP contribution is -2.46. The van der Waals surface area contributed by atoms with Gasteiger partial charge in [-0.25, -0.2) is 0 Å². The van der Waals surface area contributed by atoms with Gasteiger partial charge in [0.1, 0.15) is 6.04 Å². The Balaban J connectivity index is 0. The van der Waals surface area contributed by atoms with Crippen molar-refractivity contribution < 1.29 is 9.53 Å². The van der Waals surface area contributed by atoms with Gasteiger partial charge >= 0.3 is 5.97 Å². The molecule has 0 saturated heterocycles. The number of esters is 1. The fraction of sp³-hybridized carbons (Fsp3) is 0.857. The molecule has 0 aromatic rings. The second kappa shape index (κ2) is 5.67. The van der Waals surface area contributed by atoms with E-state index in [1.807, 2.05) is 0 Å². The number of ether oxygens (including phenoxy) is 1. The molecule has 0 bridgehead atoms. The summed E-state index contributed by atoms with van der Waals surface area (Å²) in [4.78, 5) is 11.0. The van der Waals surface area contributed by atoms with Crippen LogP contribution in [-0.4, -0.2) is 23.4 Å². The van der Waals surface area contributed by atoms with Crippen LogP contribution in [0.15, 0.2) is 0 Å². The topological polar surface area (TPSA) is 52.3 Å². The van der Waals surface area contributed by atoms with Gasteiger partial charge in [0.2, 0.25) is 0 Å². The summed E-state index contributed by atoms with van der Waals surface area (Å²) in [5, 5.41) is 0. The number of nitrogens with two attached hydrogens (primary N) is 1. The van der Waals surface area contributed by atoms with E-state index in [0.717, 1.165) is 0 Å². The highest BCUT2D eigenvalue weighted by molar-refractivity contribution is 7.81. The molecule has 0 aromatic carbocycles. The van der Waals surface area contributed by atoms with Gasteiger partial charge in [0.15, 0.2) is 0 Å². The van der Waals surface area contributed by atoms with Gasteiger partial charge in [-0.2, -0.15) is 12.6 Å². The first-order chi connectivity index (χ1) is 4.89. The maximum Gasteiger partial charge on any atom is 0.324 e. The number of carbonyl (C=O) groups excluding carboxylic acids is 1. The van der Waals surface area contributed by atoms with Crippen molar-refractivity contribution in [2.24, 2.45) is 5.73 Å². The smallest absolute Gasteiger partial charge is 0.324 e. The van der Waals surface area contributed by atoms with Gasteiger partial charge in [0, 0.05) is 4.75 Å². The van der Waals surface area contributed by atoms with E-state index in [2.05, 4.69) is 12.6 Å². The molecule has 0 unspecified atom stereocenters. The zero-order valence-electron chi connectivity index (χ0n) is 7.53. The number of halogens is 1. The van der Waals surface area contributed by atoms with Crippen LogP contribution in [0.5, 0.6) is 0 Å². The monoisotopic (exact) mass is 213 g/mol. The van der Waals surface area contributed by atoms with Crippen molar-refractivity contribution in [1.29, 1.82) is 0 Å². The zero-order chi connectivity index (χ0) is 9.07. The standard InChI is InChI=1S/C7H15NO2S.ClH/c1-4-10-6(9)5(8)7(2,3)11;/h5,11H,4,8H2,1-3H3;1H/t5-;/m1./s1. The predicted octanol–water partition coefficient (Wildman–Crippen LogP) is 1.01. The number of hydrogen-bond acceptors (Lipinski definition) is 4. The molecular weight excluding hydrogens is 198 g/mol. The zero-order valence-corrected chi connectivity index (χ0v) is 9.24. The van der Waals surface area contributed by atoms with Crippen LogP contribution in [0.1, 0.15) is 20.8 Å². The van der Waals surface area contributed by atoms with Crippen LogP contribution in [-0.2, 0) is 9.53 Å². The van der Waals surface area contributed by atoms with Gasteiger partial charge in [0.25, 0.3) is 0 Å². The van der Waals surface area contributed by atoms with Crippen LogP contribution in [0.25, 0.3) is 0 Å². The van der Waals surface area contributed by atoms with Crippen molar-refractivity contribution >= 4 is 31.0 Å². The highest BCUT2D eigenvalue weighted by Gasteiger charge is 2.29. The Bertz CT molecular complexity index is 147. The molecule has 0 aliphatic rings.